The quantitative estimate of drug-likeness (QED) is 0.512. The molecule has 2 bridgehead atoms. The Balaban J connectivity index is 1.27. The van der Waals surface area contributed by atoms with Crippen LogP contribution in [0.5, 0.6) is 0 Å². The molecule has 7 nitrogen and oxygen atoms in total. The van der Waals surface area contributed by atoms with Crippen LogP contribution >= 0.6 is 0 Å². The van der Waals surface area contributed by atoms with Crippen LogP contribution < -0.4 is 5.32 Å². The molecule has 0 radical (unpaired) electrons. The summed E-state index contributed by atoms with van der Waals surface area (Å²) in [7, 11) is 1.71. The molecule has 172 valence electrons. The van der Waals surface area contributed by atoms with Gasteiger partial charge in [0.2, 0.25) is 0 Å². The summed E-state index contributed by atoms with van der Waals surface area (Å²) in [6.07, 6.45) is 8.22. The number of methoxy groups -OCH3 is 1. The number of allylic oxidation sites excluding steroid dienone is 2. The first-order valence-electron chi connectivity index (χ1n) is 11.8. The van der Waals surface area contributed by atoms with Crippen LogP contribution in [0.25, 0.3) is 0 Å². The Hall–Kier alpha value is -1.57. The van der Waals surface area contributed by atoms with Crippen LogP contribution in [0.15, 0.2) is 23.5 Å². The highest BCUT2D eigenvalue weighted by Gasteiger charge is 2.72. The molecule has 5 heterocycles. The molecule has 3 saturated heterocycles. The summed E-state index contributed by atoms with van der Waals surface area (Å²) in [5.74, 6) is 0.482. The molecule has 5 aliphatic heterocycles. The molecule has 1 spiro atoms. The largest absolute Gasteiger partial charge is 0.443 e. The lowest BCUT2D eigenvalue weighted by Crippen LogP contribution is -2.56. The van der Waals surface area contributed by atoms with E-state index in [4.69, 9.17) is 18.9 Å². The predicted octanol–water partition coefficient (Wildman–Crippen LogP) is 3.36. The number of hydrogen-bond acceptors (Lipinski definition) is 6. The van der Waals surface area contributed by atoms with E-state index in [1.165, 1.54) is 5.57 Å². The number of amides is 1. The maximum absolute atomic E-state index is 12.8. The SMILES string of the molecule is COC1C(OC(=O)NC2=CN3CCC2CC3)CCC2(CO2)C1C1(C)OC1CC=C(C)C. The van der Waals surface area contributed by atoms with Gasteiger partial charge in [-0.3, -0.25) is 5.32 Å². The number of piperidine rings is 1. The Kier molecular flexibility index (Phi) is 5.34. The van der Waals surface area contributed by atoms with Crippen molar-refractivity contribution in [3.05, 3.63) is 23.5 Å². The standard InChI is InChI=1S/C24H36N2O5/c1-15(2)5-6-19-23(3,31-19)21-20(28-4)18(7-10-24(21)14-29-24)30-22(27)25-17-13-26-11-8-16(17)9-12-26/h5,13,16,18-21H,6-12,14H2,1-4H3,(H,25,27). The third-order valence-corrected chi connectivity index (χ3v) is 8.03. The summed E-state index contributed by atoms with van der Waals surface area (Å²) in [6.45, 7) is 9.27. The molecule has 7 heteroatoms. The van der Waals surface area contributed by atoms with Crippen molar-refractivity contribution in [3.8, 4) is 0 Å². The summed E-state index contributed by atoms with van der Waals surface area (Å²) < 4.78 is 24.1. The van der Waals surface area contributed by atoms with Gasteiger partial charge in [0.25, 0.3) is 0 Å². The van der Waals surface area contributed by atoms with Crippen LogP contribution in [0.1, 0.15) is 52.9 Å². The second-order valence-electron chi connectivity index (χ2n) is 10.3. The van der Waals surface area contributed by atoms with Crippen LogP contribution in [0.2, 0.25) is 0 Å². The first-order valence-corrected chi connectivity index (χ1v) is 11.8. The molecular weight excluding hydrogens is 396 g/mol. The first kappa shape index (κ1) is 21.3. The van der Waals surface area contributed by atoms with Gasteiger partial charge in [0.1, 0.15) is 23.4 Å². The van der Waals surface area contributed by atoms with Crippen molar-refractivity contribution in [2.24, 2.45) is 11.8 Å². The highest BCUT2D eigenvalue weighted by Crippen LogP contribution is 2.59. The molecule has 0 aromatic carbocycles. The van der Waals surface area contributed by atoms with E-state index >= 15 is 0 Å². The van der Waals surface area contributed by atoms with Crippen molar-refractivity contribution in [2.45, 2.75) is 82.4 Å². The van der Waals surface area contributed by atoms with Gasteiger partial charge in [-0.25, -0.2) is 4.79 Å². The lowest BCUT2D eigenvalue weighted by atomic mass is 9.68. The number of carbonyl (C=O) groups is 1. The van der Waals surface area contributed by atoms with Crippen molar-refractivity contribution in [1.29, 1.82) is 0 Å². The fraction of sp³-hybridized carbons (Fsp3) is 0.792. The normalized spacial score (nSPS) is 41.0. The smallest absolute Gasteiger partial charge is 0.411 e. The molecule has 1 N–H and O–H groups in total. The lowest BCUT2D eigenvalue weighted by Gasteiger charge is -2.43. The van der Waals surface area contributed by atoms with Gasteiger partial charge in [0.05, 0.1) is 18.6 Å². The van der Waals surface area contributed by atoms with Crippen molar-refractivity contribution < 1.29 is 23.7 Å². The van der Waals surface area contributed by atoms with Gasteiger partial charge in [-0.2, -0.15) is 0 Å². The van der Waals surface area contributed by atoms with E-state index in [9.17, 15) is 4.79 Å². The molecular formula is C24H36N2O5. The Labute approximate surface area is 185 Å². The Morgan fingerprint density at radius 1 is 1.32 bits per heavy atom. The van der Waals surface area contributed by atoms with Crippen LogP contribution in [0.3, 0.4) is 0 Å². The average Bonchev–Trinajstić information content (AvgIpc) is 3.66. The third kappa shape index (κ3) is 3.89. The highest BCUT2D eigenvalue weighted by molar-refractivity contribution is 5.70. The summed E-state index contributed by atoms with van der Waals surface area (Å²) >= 11 is 0. The molecule has 0 aromatic heterocycles. The molecule has 1 amide bonds. The number of ether oxygens (including phenoxy) is 4. The maximum Gasteiger partial charge on any atom is 0.411 e. The number of epoxide rings is 2. The minimum atomic E-state index is -0.374. The zero-order chi connectivity index (χ0) is 21.8. The van der Waals surface area contributed by atoms with E-state index in [1.807, 2.05) is 0 Å². The Morgan fingerprint density at radius 3 is 2.65 bits per heavy atom. The molecule has 0 aromatic rings. The second-order valence-corrected chi connectivity index (χ2v) is 10.3. The summed E-state index contributed by atoms with van der Waals surface area (Å²) in [6, 6.07) is 0. The van der Waals surface area contributed by atoms with E-state index in [-0.39, 0.29) is 41.5 Å². The molecule has 6 aliphatic rings. The zero-order valence-electron chi connectivity index (χ0n) is 19.2. The van der Waals surface area contributed by atoms with Crippen LogP contribution in [0.4, 0.5) is 4.79 Å². The number of alkyl carbamates (subject to hydrolysis) is 1. The lowest BCUT2D eigenvalue weighted by molar-refractivity contribution is -0.117. The number of nitrogens with zero attached hydrogens (tertiary/aromatic N) is 1. The summed E-state index contributed by atoms with van der Waals surface area (Å²) in [5.41, 5.74) is 1.76. The van der Waals surface area contributed by atoms with Crippen molar-refractivity contribution in [1.82, 2.24) is 10.2 Å². The number of rotatable bonds is 6. The average molecular weight is 433 g/mol. The number of carbonyl (C=O) groups excluding carboxylic acids is 1. The monoisotopic (exact) mass is 432 g/mol. The molecule has 31 heavy (non-hydrogen) atoms. The van der Waals surface area contributed by atoms with E-state index in [1.54, 1.807) is 7.11 Å². The highest BCUT2D eigenvalue weighted by atomic mass is 16.6. The van der Waals surface area contributed by atoms with Crippen molar-refractivity contribution in [3.63, 3.8) is 0 Å². The van der Waals surface area contributed by atoms with Gasteiger partial charge in [-0.1, -0.05) is 11.6 Å². The first-order chi connectivity index (χ1) is 14.8. The van der Waals surface area contributed by atoms with E-state index in [2.05, 4.69) is 43.3 Å². The van der Waals surface area contributed by atoms with Gasteiger partial charge in [-0.15, -0.1) is 0 Å². The van der Waals surface area contributed by atoms with E-state index in [0.717, 1.165) is 57.5 Å². The fourth-order valence-electron chi connectivity index (χ4n) is 6.13. The van der Waals surface area contributed by atoms with Crippen molar-refractivity contribution >= 4 is 6.09 Å². The second kappa shape index (κ2) is 7.78. The van der Waals surface area contributed by atoms with Gasteiger partial charge in [-0.05, 0) is 52.9 Å². The van der Waals surface area contributed by atoms with Crippen LogP contribution in [-0.4, -0.2) is 67.3 Å². The van der Waals surface area contributed by atoms with Gasteiger partial charge >= 0.3 is 6.09 Å². The minimum Gasteiger partial charge on any atom is -0.443 e. The summed E-state index contributed by atoms with van der Waals surface area (Å²) in [4.78, 5) is 15.1. The molecule has 1 saturated carbocycles. The van der Waals surface area contributed by atoms with Gasteiger partial charge in [0, 0.05) is 38.0 Å². The Morgan fingerprint density at radius 2 is 2.06 bits per heavy atom. The molecule has 4 fully saturated rings. The van der Waals surface area contributed by atoms with E-state index < -0.39 is 0 Å². The fourth-order valence-corrected chi connectivity index (χ4v) is 6.13. The number of hydrogen-bond donors (Lipinski definition) is 1. The van der Waals surface area contributed by atoms with Gasteiger partial charge < -0.3 is 23.8 Å². The van der Waals surface area contributed by atoms with E-state index in [0.29, 0.717) is 5.92 Å². The molecule has 6 unspecified atom stereocenters. The predicted molar refractivity (Wildman–Crippen MR) is 115 cm³/mol. The number of fused-ring (bicyclic) bond motifs is 2. The van der Waals surface area contributed by atoms with Gasteiger partial charge in [0.15, 0.2) is 0 Å². The van der Waals surface area contributed by atoms with Crippen LogP contribution in [-0.2, 0) is 18.9 Å². The maximum atomic E-state index is 12.8. The summed E-state index contributed by atoms with van der Waals surface area (Å²) in [5, 5.41) is 3.02. The Bertz CT molecular complexity index is 779. The molecule has 1 aliphatic carbocycles. The minimum absolute atomic E-state index is 0.0446. The molecule has 6 atom stereocenters. The third-order valence-electron chi connectivity index (χ3n) is 8.03. The van der Waals surface area contributed by atoms with Crippen molar-refractivity contribution in [2.75, 3.05) is 26.8 Å². The van der Waals surface area contributed by atoms with Crippen LogP contribution in [0, 0.1) is 11.8 Å². The molecule has 6 rings (SSSR count). The topological polar surface area (TPSA) is 75.9 Å². The zero-order valence-corrected chi connectivity index (χ0v) is 19.2. The number of nitrogens with one attached hydrogen (secondary N) is 1.